The third kappa shape index (κ3) is 5.96. The number of aromatic nitrogens is 3. The van der Waals surface area contributed by atoms with Crippen LogP contribution in [0.3, 0.4) is 0 Å². The van der Waals surface area contributed by atoms with Crippen molar-refractivity contribution in [2.24, 2.45) is 7.05 Å². The summed E-state index contributed by atoms with van der Waals surface area (Å²) in [7, 11) is 1.76. The van der Waals surface area contributed by atoms with Crippen molar-refractivity contribution < 1.29 is 9.72 Å². The first-order chi connectivity index (χ1) is 16.0. The summed E-state index contributed by atoms with van der Waals surface area (Å²) in [5, 5.41) is 22.7. The van der Waals surface area contributed by atoms with Crippen LogP contribution in [-0.2, 0) is 20.1 Å². The Balaban J connectivity index is 1.37. The Kier molecular flexibility index (Phi) is 7.36. The summed E-state index contributed by atoms with van der Waals surface area (Å²) in [5.41, 5.74) is 2.34. The van der Waals surface area contributed by atoms with Gasteiger partial charge in [0.1, 0.15) is 6.33 Å². The van der Waals surface area contributed by atoms with Gasteiger partial charge in [0.05, 0.1) is 9.82 Å². The third-order valence-corrected chi connectivity index (χ3v) is 6.74. The van der Waals surface area contributed by atoms with Gasteiger partial charge in [-0.15, -0.1) is 10.2 Å². The number of likely N-dealkylation sites (tertiary alicyclic amines) is 1. The normalized spacial score (nSPS) is 14.2. The molecule has 172 valence electrons. The number of nitrogens with one attached hydrogen (secondary N) is 1. The molecule has 0 atom stereocenters. The molecule has 0 unspecified atom stereocenters. The average molecular weight is 467 g/mol. The van der Waals surface area contributed by atoms with Crippen LogP contribution < -0.4 is 5.32 Å². The van der Waals surface area contributed by atoms with E-state index in [4.69, 9.17) is 0 Å². The Morgan fingerprint density at radius 3 is 2.52 bits per heavy atom. The molecule has 0 radical (unpaired) electrons. The maximum absolute atomic E-state index is 12.6. The van der Waals surface area contributed by atoms with Gasteiger partial charge < -0.3 is 9.88 Å². The Labute approximate surface area is 196 Å². The number of benzene rings is 2. The lowest BCUT2D eigenvalue weighted by Crippen LogP contribution is -2.29. The summed E-state index contributed by atoms with van der Waals surface area (Å²) >= 11 is 1.13. The van der Waals surface area contributed by atoms with Gasteiger partial charge in [-0.3, -0.25) is 19.8 Å². The third-order valence-electron chi connectivity index (χ3n) is 5.62. The van der Waals surface area contributed by atoms with Gasteiger partial charge in [0.15, 0.2) is 5.16 Å². The minimum Gasteiger partial charge on any atom is -0.348 e. The van der Waals surface area contributed by atoms with E-state index >= 15 is 0 Å². The maximum Gasteiger partial charge on any atom is 0.284 e. The molecule has 4 rings (SSSR count). The fourth-order valence-electron chi connectivity index (χ4n) is 3.77. The van der Waals surface area contributed by atoms with Crippen molar-refractivity contribution in [3.63, 3.8) is 0 Å². The fourth-order valence-corrected chi connectivity index (χ4v) is 4.62. The largest absolute Gasteiger partial charge is 0.348 e. The quantitative estimate of drug-likeness (QED) is 0.398. The van der Waals surface area contributed by atoms with E-state index in [1.165, 1.54) is 37.2 Å². The Morgan fingerprint density at radius 1 is 1.12 bits per heavy atom. The Hall–Kier alpha value is -3.24. The zero-order valence-electron chi connectivity index (χ0n) is 18.4. The minimum absolute atomic E-state index is 0.141. The van der Waals surface area contributed by atoms with E-state index in [2.05, 4.69) is 32.5 Å². The van der Waals surface area contributed by atoms with Crippen LogP contribution in [-0.4, -0.2) is 43.6 Å². The zero-order chi connectivity index (χ0) is 23.2. The molecule has 0 aliphatic carbocycles. The van der Waals surface area contributed by atoms with Crippen LogP contribution in [0, 0.1) is 10.1 Å². The number of hydrogen-bond acceptors (Lipinski definition) is 7. The highest BCUT2D eigenvalue weighted by Gasteiger charge is 2.20. The minimum atomic E-state index is -0.490. The number of carbonyl (C=O) groups excluding carboxylic acids is 1. The van der Waals surface area contributed by atoms with E-state index in [1.807, 2.05) is 12.1 Å². The summed E-state index contributed by atoms with van der Waals surface area (Å²) in [6, 6.07) is 12.7. The van der Waals surface area contributed by atoms with E-state index < -0.39 is 4.92 Å². The van der Waals surface area contributed by atoms with E-state index in [1.54, 1.807) is 23.7 Å². The van der Waals surface area contributed by atoms with Crippen molar-refractivity contribution in [1.29, 1.82) is 0 Å². The Bertz CT molecular complexity index is 1130. The van der Waals surface area contributed by atoms with Crippen LogP contribution in [0.5, 0.6) is 0 Å². The number of nitrogens with zero attached hydrogens (tertiary/aromatic N) is 5. The molecule has 1 amide bonds. The highest BCUT2D eigenvalue weighted by atomic mass is 32.2. The first-order valence-electron chi connectivity index (χ1n) is 10.9. The highest BCUT2D eigenvalue weighted by Crippen LogP contribution is 2.34. The molecule has 1 aromatic heterocycles. The fraction of sp³-hybridized carbons (Fsp3) is 0.348. The molecule has 1 fully saturated rings. The summed E-state index contributed by atoms with van der Waals surface area (Å²) in [4.78, 5) is 26.6. The second-order valence-electron chi connectivity index (χ2n) is 8.10. The number of amides is 1. The molecular formula is C23H26N6O3S. The molecule has 0 saturated carbocycles. The van der Waals surface area contributed by atoms with Gasteiger partial charge in [-0.2, -0.15) is 0 Å². The van der Waals surface area contributed by atoms with Crippen molar-refractivity contribution in [3.8, 4) is 0 Å². The molecule has 1 saturated heterocycles. The number of nitro benzene ring substituents is 1. The summed E-state index contributed by atoms with van der Waals surface area (Å²) in [6.07, 6.45) is 5.38. The lowest BCUT2D eigenvalue weighted by atomic mass is 10.1. The van der Waals surface area contributed by atoms with Crippen molar-refractivity contribution in [2.45, 2.75) is 42.4 Å². The van der Waals surface area contributed by atoms with E-state index in [-0.39, 0.29) is 17.2 Å². The van der Waals surface area contributed by atoms with Crippen molar-refractivity contribution in [1.82, 2.24) is 25.0 Å². The van der Waals surface area contributed by atoms with Gasteiger partial charge >= 0.3 is 0 Å². The average Bonchev–Trinajstić information content (AvgIpc) is 3.23. The number of piperidine rings is 1. The van der Waals surface area contributed by atoms with Crippen LogP contribution in [0.4, 0.5) is 5.69 Å². The van der Waals surface area contributed by atoms with E-state index in [0.29, 0.717) is 16.6 Å². The second-order valence-corrected chi connectivity index (χ2v) is 9.11. The molecule has 0 spiro atoms. The van der Waals surface area contributed by atoms with E-state index in [0.717, 1.165) is 37.0 Å². The SMILES string of the molecule is Cn1cnnc1Sc1ccc(C(=O)NCc2ccc(CN3CCCCC3)cc2)cc1[N+](=O)[O-]. The molecule has 1 aliphatic rings. The van der Waals surface area contributed by atoms with Gasteiger partial charge in [0, 0.05) is 31.8 Å². The predicted octanol–water partition coefficient (Wildman–Crippen LogP) is 3.79. The zero-order valence-corrected chi connectivity index (χ0v) is 19.3. The number of hydrogen-bond donors (Lipinski definition) is 1. The molecule has 33 heavy (non-hydrogen) atoms. The topological polar surface area (TPSA) is 106 Å². The Morgan fingerprint density at radius 2 is 1.85 bits per heavy atom. The van der Waals surface area contributed by atoms with E-state index in [9.17, 15) is 14.9 Å². The van der Waals surface area contributed by atoms with Gasteiger partial charge in [-0.1, -0.05) is 30.7 Å². The number of rotatable bonds is 8. The molecule has 10 heteroatoms. The molecule has 0 bridgehead atoms. The van der Waals surface area contributed by atoms with Gasteiger partial charge in [-0.05, 0) is 61.0 Å². The van der Waals surface area contributed by atoms with Gasteiger partial charge in [-0.25, -0.2) is 0 Å². The molecule has 1 aliphatic heterocycles. The lowest BCUT2D eigenvalue weighted by Gasteiger charge is -2.26. The molecule has 3 aromatic rings. The first kappa shape index (κ1) is 22.9. The number of aryl methyl sites for hydroxylation is 1. The summed E-state index contributed by atoms with van der Waals surface area (Å²) in [6.45, 7) is 3.61. The van der Waals surface area contributed by atoms with Gasteiger partial charge in [0.25, 0.3) is 11.6 Å². The van der Waals surface area contributed by atoms with Crippen LogP contribution >= 0.6 is 11.8 Å². The van der Waals surface area contributed by atoms with Crippen LogP contribution in [0.1, 0.15) is 40.7 Å². The molecular weight excluding hydrogens is 440 g/mol. The highest BCUT2D eigenvalue weighted by molar-refractivity contribution is 7.99. The smallest absolute Gasteiger partial charge is 0.284 e. The molecule has 2 heterocycles. The standard InChI is InChI=1S/C23H26N6O3S/c1-27-16-25-26-23(27)33-21-10-9-19(13-20(21)29(31)32)22(30)24-14-17-5-7-18(8-6-17)15-28-11-3-2-4-12-28/h5-10,13,16H,2-4,11-12,14-15H2,1H3,(H,24,30). The van der Waals surface area contributed by atoms with Gasteiger partial charge in [0.2, 0.25) is 0 Å². The molecule has 9 nitrogen and oxygen atoms in total. The van der Waals surface area contributed by atoms with Crippen LogP contribution in [0.25, 0.3) is 0 Å². The first-order valence-corrected chi connectivity index (χ1v) is 11.7. The van der Waals surface area contributed by atoms with Crippen molar-refractivity contribution in [2.75, 3.05) is 13.1 Å². The molecule has 1 N–H and O–H groups in total. The van der Waals surface area contributed by atoms with Crippen molar-refractivity contribution in [3.05, 3.63) is 75.6 Å². The second kappa shape index (κ2) is 10.6. The number of nitro groups is 1. The predicted molar refractivity (Wildman–Crippen MR) is 125 cm³/mol. The van der Waals surface area contributed by atoms with Crippen LogP contribution in [0.2, 0.25) is 0 Å². The monoisotopic (exact) mass is 466 g/mol. The van der Waals surface area contributed by atoms with Crippen molar-refractivity contribution >= 4 is 23.4 Å². The summed E-state index contributed by atoms with van der Waals surface area (Å²) in [5.74, 6) is -0.356. The maximum atomic E-state index is 12.6. The van der Waals surface area contributed by atoms with Crippen LogP contribution in [0.15, 0.2) is 58.8 Å². The lowest BCUT2D eigenvalue weighted by molar-refractivity contribution is -0.387. The number of carbonyl (C=O) groups is 1. The molecule has 2 aromatic carbocycles. The summed E-state index contributed by atoms with van der Waals surface area (Å²) < 4.78 is 1.67.